The van der Waals surface area contributed by atoms with Crippen LogP contribution in [0, 0.1) is 0 Å². The Kier molecular flexibility index (Phi) is 5.73. The van der Waals surface area contributed by atoms with Crippen molar-refractivity contribution in [2.24, 2.45) is 5.73 Å². The Morgan fingerprint density at radius 2 is 1.84 bits per heavy atom. The predicted octanol–water partition coefficient (Wildman–Crippen LogP) is 5.18. The quantitative estimate of drug-likeness (QED) is 0.410. The van der Waals surface area contributed by atoms with Crippen molar-refractivity contribution in [3.05, 3.63) is 64.0 Å². The number of thiophene rings is 1. The maximum absolute atomic E-state index is 13.7. The molecule has 0 radical (unpaired) electrons. The van der Waals surface area contributed by atoms with Crippen molar-refractivity contribution in [1.82, 2.24) is 10.2 Å². The van der Waals surface area contributed by atoms with Crippen LogP contribution in [0.4, 0.5) is 13.2 Å². The molecule has 0 saturated heterocycles. The lowest BCUT2D eigenvalue weighted by Gasteiger charge is -2.17. The number of aliphatic hydroxyl groups excluding tert-OH is 1. The molecular weight excluding hydrogens is 447 g/mol. The summed E-state index contributed by atoms with van der Waals surface area (Å²) in [6.07, 6.45) is -4.60. The fourth-order valence-corrected chi connectivity index (χ4v) is 4.77. The third-order valence-corrected chi connectivity index (χ3v) is 6.96. The van der Waals surface area contributed by atoms with E-state index < -0.39 is 17.3 Å². The molecule has 0 aliphatic heterocycles. The predicted molar refractivity (Wildman–Crippen MR) is 115 cm³/mol. The number of aliphatic hydroxyl groups is 1. The molecule has 0 saturated carbocycles. The molecule has 10 heteroatoms. The lowest BCUT2D eigenvalue weighted by molar-refractivity contribution is -0.139. The first-order valence-corrected chi connectivity index (χ1v) is 10.9. The molecule has 31 heavy (non-hydrogen) atoms. The summed E-state index contributed by atoms with van der Waals surface area (Å²) in [5.74, 6) is -0.252. The van der Waals surface area contributed by atoms with Gasteiger partial charge in [-0.2, -0.15) is 13.2 Å². The highest BCUT2D eigenvalue weighted by atomic mass is 32.1. The first-order chi connectivity index (χ1) is 14.7. The standard InChI is InChI=1S/C21H18F3N3O2S2/c1-20(25,11-28)19-27-26-18(31-19)13-6-7-16(15(9-13)21(22,23)24)29-10-14-8-12-4-2-3-5-17(12)30-14/h2-9,28H,10-11,25H2,1H3. The second-order valence-corrected chi connectivity index (χ2v) is 9.38. The summed E-state index contributed by atoms with van der Waals surface area (Å²) >= 11 is 2.52. The van der Waals surface area contributed by atoms with Gasteiger partial charge in [-0.1, -0.05) is 29.5 Å². The number of hydrogen-bond acceptors (Lipinski definition) is 7. The highest BCUT2D eigenvalue weighted by Crippen LogP contribution is 2.40. The maximum atomic E-state index is 13.7. The Labute approximate surface area is 183 Å². The first kappa shape index (κ1) is 21.7. The molecular formula is C21H18F3N3O2S2. The molecule has 0 aliphatic rings. The van der Waals surface area contributed by atoms with E-state index in [1.807, 2.05) is 30.3 Å². The molecule has 1 unspecified atom stereocenters. The number of benzene rings is 2. The van der Waals surface area contributed by atoms with Crippen molar-refractivity contribution >= 4 is 32.8 Å². The topological polar surface area (TPSA) is 81.3 Å². The van der Waals surface area contributed by atoms with Crippen LogP contribution >= 0.6 is 22.7 Å². The molecule has 3 N–H and O–H groups in total. The Balaban J connectivity index is 1.61. The van der Waals surface area contributed by atoms with Gasteiger partial charge in [0, 0.05) is 15.1 Å². The van der Waals surface area contributed by atoms with Gasteiger partial charge in [0.1, 0.15) is 22.4 Å². The average Bonchev–Trinajstić information content (AvgIpc) is 3.39. The van der Waals surface area contributed by atoms with Crippen molar-refractivity contribution in [2.75, 3.05) is 6.61 Å². The monoisotopic (exact) mass is 465 g/mol. The van der Waals surface area contributed by atoms with Gasteiger partial charge >= 0.3 is 6.18 Å². The molecule has 2 heterocycles. The zero-order chi connectivity index (χ0) is 22.2. The van der Waals surface area contributed by atoms with Crippen LogP contribution in [0.5, 0.6) is 5.75 Å². The number of nitrogens with zero attached hydrogens (tertiary/aromatic N) is 2. The van der Waals surface area contributed by atoms with Crippen LogP contribution in [0.25, 0.3) is 20.7 Å². The summed E-state index contributed by atoms with van der Waals surface area (Å²) in [5, 5.41) is 18.9. The minimum absolute atomic E-state index is 0.0345. The number of rotatable bonds is 6. The van der Waals surface area contributed by atoms with Gasteiger partial charge in [0.2, 0.25) is 0 Å². The van der Waals surface area contributed by atoms with Crippen molar-refractivity contribution in [3.8, 4) is 16.3 Å². The minimum Gasteiger partial charge on any atom is -0.487 e. The van der Waals surface area contributed by atoms with Gasteiger partial charge in [-0.15, -0.1) is 21.5 Å². The summed E-state index contributed by atoms with van der Waals surface area (Å²) in [7, 11) is 0. The number of nitrogens with two attached hydrogens (primary N) is 1. The van der Waals surface area contributed by atoms with E-state index in [0.29, 0.717) is 5.01 Å². The number of aromatic nitrogens is 2. The van der Waals surface area contributed by atoms with Gasteiger partial charge in [-0.3, -0.25) is 0 Å². The molecule has 162 valence electrons. The highest BCUT2D eigenvalue weighted by molar-refractivity contribution is 7.19. The zero-order valence-corrected chi connectivity index (χ0v) is 17.9. The molecule has 0 amide bonds. The molecule has 0 spiro atoms. The van der Waals surface area contributed by atoms with E-state index in [9.17, 15) is 18.3 Å². The van der Waals surface area contributed by atoms with Gasteiger partial charge in [0.25, 0.3) is 0 Å². The normalized spacial score (nSPS) is 14.0. The molecule has 4 aromatic rings. The Morgan fingerprint density at radius 1 is 1.06 bits per heavy atom. The third kappa shape index (κ3) is 4.57. The number of ether oxygens (including phenoxy) is 1. The number of alkyl halides is 3. The fraction of sp³-hybridized carbons (Fsp3) is 0.238. The van der Waals surface area contributed by atoms with E-state index >= 15 is 0 Å². The lowest BCUT2D eigenvalue weighted by atomic mass is 10.1. The Bertz CT molecular complexity index is 1190. The zero-order valence-electron chi connectivity index (χ0n) is 16.3. The van der Waals surface area contributed by atoms with E-state index in [4.69, 9.17) is 10.5 Å². The molecule has 0 fully saturated rings. The van der Waals surface area contributed by atoms with Crippen molar-refractivity contribution in [3.63, 3.8) is 0 Å². The molecule has 2 aromatic carbocycles. The van der Waals surface area contributed by atoms with E-state index in [-0.39, 0.29) is 29.5 Å². The lowest BCUT2D eigenvalue weighted by Crippen LogP contribution is -2.36. The smallest absolute Gasteiger partial charge is 0.419 e. The van der Waals surface area contributed by atoms with E-state index in [0.717, 1.165) is 32.4 Å². The van der Waals surface area contributed by atoms with Crippen molar-refractivity contribution < 1.29 is 23.0 Å². The molecule has 0 bridgehead atoms. The van der Waals surface area contributed by atoms with Gasteiger partial charge in [0.05, 0.1) is 17.7 Å². The van der Waals surface area contributed by atoms with E-state index in [1.165, 1.54) is 23.5 Å². The van der Waals surface area contributed by atoms with Crippen LogP contribution in [0.15, 0.2) is 48.5 Å². The number of fused-ring (bicyclic) bond motifs is 1. The van der Waals surface area contributed by atoms with Gasteiger partial charge in [0.15, 0.2) is 0 Å². The largest absolute Gasteiger partial charge is 0.487 e. The second kappa shape index (κ2) is 8.19. The Morgan fingerprint density at radius 3 is 2.55 bits per heavy atom. The first-order valence-electron chi connectivity index (χ1n) is 9.23. The van der Waals surface area contributed by atoms with Crippen molar-refractivity contribution in [1.29, 1.82) is 0 Å². The molecule has 2 aromatic heterocycles. The SMILES string of the molecule is CC(N)(CO)c1nnc(-c2ccc(OCc3cc4ccccc4s3)c(C(F)(F)F)c2)s1. The van der Waals surface area contributed by atoms with Gasteiger partial charge in [-0.05, 0) is 42.6 Å². The Hall–Kier alpha value is -2.53. The minimum atomic E-state index is -4.60. The van der Waals surface area contributed by atoms with Gasteiger partial charge < -0.3 is 15.6 Å². The molecule has 5 nitrogen and oxygen atoms in total. The molecule has 4 rings (SSSR count). The van der Waals surface area contributed by atoms with Crippen LogP contribution in [-0.4, -0.2) is 21.9 Å². The van der Waals surface area contributed by atoms with Crippen LogP contribution < -0.4 is 10.5 Å². The fourth-order valence-electron chi connectivity index (χ4n) is 2.91. The van der Waals surface area contributed by atoms with Crippen LogP contribution in [-0.2, 0) is 18.3 Å². The van der Waals surface area contributed by atoms with Crippen LogP contribution in [0.3, 0.4) is 0 Å². The summed E-state index contributed by atoms with van der Waals surface area (Å²) in [6, 6.07) is 13.4. The van der Waals surface area contributed by atoms with Crippen LogP contribution in [0.2, 0.25) is 0 Å². The molecule has 0 aliphatic carbocycles. The number of hydrogen-bond donors (Lipinski definition) is 2. The molecule has 1 atom stereocenters. The summed E-state index contributed by atoms with van der Waals surface area (Å²) in [6.45, 7) is 1.25. The van der Waals surface area contributed by atoms with E-state index in [1.54, 1.807) is 6.92 Å². The highest BCUT2D eigenvalue weighted by Gasteiger charge is 2.35. The number of halogens is 3. The van der Waals surface area contributed by atoms with Crippen molar-refractivity contribution in [2.45, 2.75) is 25.2 Å². The maximum Gasteiger partial charge on any atom is 0.419 e. The summed E-state index contributed by atoms with van der Waals surface area (Å²) < 4.78 is 47.8. The van der Waals surface area contributed by atoms with Gasteiger partial charge in [-0.25, -0.2) is 0 Å². The third-order valence-electron chi connectivity index (χ3n) is 4.62. The summed E-state index contributed by atoms with van der Waals surface area (Å²) in [4.78, 5) is 0.832. The van der Waals surface area contributed by atoms with E-state index in [2.05, 4.69) is 10.2 Å². The average molecular weight is 466 g/mol. The summed E-state index contributed by atoms with van der Waals surface area (Å²) in [5.41, 5.74) is 4.18. The second-order valence-electron chi connectivity index (χ2n) is 7.24. The van der Waals surface area contributed by atoms with Crippen LogP contribution in [0.1, 0.15) is 22.4 Å².